The molecule has 1 heterocycles. The molecule has 0 saturated carbocycles. The minimum Gasteiger partial charge on any atom is -0.229 e. The molecule has 1 atom stereocenters. The summed E-state index contributed by atoms with van der Waals surface area (Å²) >= 11 is 0. The third kappa shape index (κ3) is 2.12. The highest BCUT2D eigenvalue weighted by Gasteiger charge is 2.37. The number of hydrogen-bond donors (Lipinski definition) is 0. The second-order valence-electron chi connectivity index (χ2n) is 3.88. The fourth-order valence-electron chi connectivity index (χ4n) is 1.81. The summed E-state index contributed by atoms with van der Waals surface area (Å²) in [5.74, 6) is -0.270. The zero-order chi connectivity index (χ0) is 11.8. The van der Waals surface area contributed by atoms with E-state index in [1.807, 2.05) is 0 Å². The minimum absolute atomic E-state index is 0.0241. The van der Waals surface area contributed by atoms with Crippen molar-refractivity contribution in [3.8, 4) is 0 Å². The molecule has 1 aromatic rings. The number of rotatable bonds is 2. The van der Waals surface area contributed by atoms with Crippen molar-refractivity contribution in [2.75, 3.05) is 11.5 Å². The van der Waals surface area contributed by atoms with Crippen LogP contribution in [0.3, 0.4) is 0 Å². The average Bonchev–Trinajstić information content (AvgIpc) is 2.61. The first-order valence-electron chi connectivity index (χ1n) is 4.91. The Labute approximate surface area is 95.1 Å². The summed E-state index contributed by atoms with van der Waals surface area (Å²) in [5, 5.41) is -0.778. The largest absolute Gasteiger partial charge is 0.229 e. The van der Waals surface area contributed by atoms with Gasteiger partial charge in [0.05, 0.1) is 21.7 Å². The van der Waals surface area contributed by atoms with Gasteiger partial charge in [0.2, 0.25) is 0 Å². The van der Waals surface area contributed by atoms with Gasteiger partial charge in [-0.05, 0) is 18.6 Å². The Morgan fingerprint density at radius 2 is 1.75 bits per heavy atom. The van der Waals surface area contributed by atoms with Gasteiger partial charge in [-0.25, -0.2) is 16.8 Å². The highest BCUT2D eigenvalue weighted by Crippen LogP contribution is 2.24. The summed E-state index contributed by atoms with van der Waals surface area (Å²) in [4.78, 5) is 0.206. The molecule has 6 heteroatoms. The van der Waals surface area contributed by atoms with Gasteiger partial charge in [-0.15, -0.1) is 0 Å². The quantitative estimate of drug-likeness (QED) is 0.783. The van der Waals surface area contributed by atoms with Gasteiger partial charge < -0.3 is 0 Å². The van der Waals surface area contributed by atoms with Crippen molar-refractivity contribution in [2.24, 2.45) is 0 Å². The minimum atomic E-state index is -3.49. The molecule has 0 spiro atoms. The lowest BCUT2D eigenvalue weighted by Crippen LogP contribution is -2.22. The van der Waals surface area contributed by atoms with Crippen molar-refractivity contribution < 1.29 is 16.8 Å². The first-order valence-corrected chi connectivity index (χ1v) is 8.28. The third-order valence-corrected chi connectivity index (χ3v) is 6.89. The van der Waals surface area contributed by atoms with Crippen molar-refractivity contribution in [1.29, 1.82) is 0 Å². The molecule has 1 aliphatic heterocycles. The van der Waals surface area contributed by atoms with Gasteiger partial charge >= 0.3 is 0 Å². The van der Waals surface area contributed by atoms with Crippen molar-refractivity contribution in [3.05, 3.63) is 30.3 Å². The summed E-state index contributed by atoms with van der Waals surface area (Å²) in [5.41, 5.74) is 0. The van der Waals surface area contributed by atoms with Gasteiger partial charge in [-0.1, -0.05) is 18.2 Å². The van der Waals surface area contributed by atoms with Gasteiger partial charge in [0, 0.05) is 0 Å². The SMILES string of the molecule is O=S1(=O)CC[C@H](S(=O)(=O)c2ccccc2)C1. The molecule has 2 rings (SSSR count). The summed E-state index contributed by atoms with van der Waals surface area (Å²) in [6.07, 6.45) is 0.208. The smallest absolute Gasteiger partial charge is 0.182 e. The molecule has 0 aromatic heterocycles. The van der Waals surface area contributed by atoms with Gasteiger partial charge in [-0.2, -0.15) is 0 Å². The van der Waals surface area contributed by atoms with Crippen LogP contribution in [-0.2, 0) is 19.7 Å². The van der Waals surface area contributed by atoms with Crippen LogP contribution in [0.2, 0.25) is 0 Å². The zero-order valence-electron chi connectivity index (χ0n) is 8.53. The molecule has 1 aliphatic rings. The lowest BCUT2D eigenvalue weighted by molar-refractivity contribution is 0.582. The van der Waals surface area contributed by atoms with E-state index in [9.17, 15) is 16.8 Å². The molecule has 0 aliphatic carbocycles. The molecule has 1 fully saturated rings. The highest BCUT2D eigenvalue weighted by molar-refractivity contribution is 7.96. The topological polar surface area (TPSA) is 68.3 Å². The predicted molar refractivity (Wildman–Crippen MR) is 60.7 cm³/mol. The number of sulfone groups is 2. The molecule has 0 amide bonds. The summed E-state index contributed by atoms with van der Waals surface area (Å²) in [6, 6.07) is 8.00. The van der Waals surface area contributed by atoms with Crippen LogP contribution in [-0.4, -0.2) is 33.6 Å². The highest BCUT2D eigenvalue weighted by atomic mass is 32.2. The number of benzene rings is 1. The fourth-order valence-corrected chi connectivity index (χ4v) is 6.19. The van der Waals surface area contributed by atoms with Crippen LogP contribution in [0.25, 0.3) is 0 Å². The number of hydrogen-bond acceptors (Lipinski definition) is 4. The maximum Gasteiger partial charge on any atom is 0.182 e. The third-order valence-electron chi connectivity index (χ3n) is 2.70. The van der Waals surface area contributed by atoms with E-state index in [4.69, 9.17) is 0 Å². The first kappa shape index (κ1) is 11.6. The average molecular weight is 260 g/mol. The molecule has 4 nitrogen and oxygen atoms in total. The fraction of sp³-hybridized carbons (Fsp3) is 0.400. The standard InChI is InChI=1S/C10H12O4S2/c11-15(12)7-6-10(8-15)16(13,14)9-4-2-1-3-5-9/h1-5,10H,6-8H2/t10-/m0/s1. The Morgan fingerprint density at radius 1 is 1.12 bits per heavy atom. The molecule has 1 saturated heterocycles. The van der Waals surface area contributed by atoms with Crippen LogP contribution in [0.5, 0.6) is 0 Å². The van der Waals surface area contributed by atoms with E-state index < -0.39 is 24.9 Å². The zero-order valence-corrected chi connectivity index (χ0v) is 10.2. The van der Waals surface area contributed by atoms with Gasteiger partial charge in [-0.3, -0.25) is 0 Å². The predicted octanol–water partition coefficient (Wildman–Crippen LogP) is 0.647. The lowest BCUT2D eigenvalue weighted by Gasteiger charge is -2.09. The van der Waals surface area contributed by atoms with E-state index in [-0.39, 0.29) is 22.8 Å². The normalized spacial score (nSPS) is 24.4. The Bertz CT molecular complexity index is 573. The van der Waals surface area contributed by atoms with Crippen LogP contribution in [0.1, 0.15) is 6.42 Å². The van der Waals surface area contributed by atoms with Crippen LogP contribution < -0.4 is 0 Å². The van der Waals surface area contributed by atoms with Crippen LogP contribution in [0.15, 0.2) is 35.2 Å². The maximum atomic E-state index is 12.1. The molecule has 1 aromatic carbocycles. The van der Waals surface area contributed by atoms with Gasteiger partial charge in [0.25, 0.3) is 0 Å². The molecule has 0 bridgehead atoms. The second-order valence-corrected chi connectivity index (χ2v) is 8.34. The van der Waals surface area contributed by atoms with Crippen LogP contribution in [0, 0.1) is 0 Å². The van der Waals surface area contributed by atoms with Gasteiger partial charge in [0.1, 0.15) is 0 Å². The van der Waals surface area contributed by atoms with E-state index >= 15 is 0 Å². The Balaban J connectivity index is 2.36. The Morgan fingerprint density at radius 3 is 2.25 bits per heavy atom. The molecule has 0 radical (unpaired) electrons. The maximum absolute atomic E-state index is 12.1. The van der Waals surface area contributed by atoms with Crippen LogP contribution >= 0.6 is 0 Å². The Hall–Kier alpha value is -0.880. The van der Waals surface area contributed by atoms with E-state index in [1.54, 1.807) is 18.2 Å². The van der Waals surface area contributed by atoms with Crippen molar-refractivity contribution in [2.45, 2.75) is 16.6 Å². The van der Waals surface area contributed by atoms with Crippen LogP contribution in [0.4, 0.5) is 0 Å². The summed E-state index contributed by atoms with van der Waals surface area (Å²) in [6.45, 7) is 0. The molecular formula is C10H12O4S2. The summed E-state index contributed by atoms with van der Waals surface area (Å²) < 4.78 is 46.6. The van der Waals surface area contributed by atoms with E-state index in [1.165, 1.54) is 12.1 Å². The lowest BCUT2D eigenvalue weighted by atomic mass is 10.4. The Kier molecular flexibility index (Phi) is 2.79. The molecule has 16 heavy (non-hydrogen) atoms. The molecule has 88 valence electrons. The van der Waals surface area contributed by atoms with Gasteiger partial charge in [0.15, 0.2) is 19.7 Å². The molecule has 0 unspecified atom stereocenters. The van der Waals surface area contributed by atoms with Crippen molar-refractivity contribution >= 4 is 19.7 Å². The van der Waals surface area contributed by atoms with Crippen molar-refractivity contribution in [1.82, 2.24) is 0 Å². The molecule has 0 N–H and O–H groups in total. The first-order chi connectivity index (χ1) is 7.42. The monoisotopic (exact) mass is 260 g/mol. The van der Waals surface area contributed by atoms with E-state index in [0.29, 0.717) is 0 Å². The van der Waals surface area contributed by atoms with E-state index in [2.05, 4.69) is 0 Å². The summed E-state index contributed by atoms with van der Waals surface area (Å²) in [7, 11) is -6.65. The van der Waals surface area contributed by atoms with E-state index in [0.717, 1.165) is 0 Å². The van der Waals surface area contributed by atoms with Crippen molar-refractivity contribution in [3.63, 3.8) is 0 Å². The second kappa shape index (κ2) is 3.85. The molecular weight excluding hydrogens is 248 g/mol.